The van der Waals surface area contributed by atoms with Gasteiger partial charge < -0.3 is 5.11 Å². The molecule has 0 aliphatic carbocycles. The van der Waals surface area contributed by atoms with Gasteiger partial charge in [-0.1, -0.05) is 6.07 Å². The minimum absolute atomic E-state index is 0.438. The molecule has 2 aromatic rings. The van der Waals surface area contributed by atoms with E-state index in [4.69, 9.17) is 0 Å². The van der Waals surface area contributed by atoms with Crippen molar-refractivity contribution in [1.29, 1.82) is 0 Å². The lowest BCUT2D eigenvalue weighted by molar-refractivity contribution is 0.177. The topological polar surface area (TPSA) is 33.1 Å². The standard InChI is InChI=1S/C12H13NOS/c1-9-2-3-11(13-7-9)6-12(14)10-4-5-15-8-10/h2-5,7-8,12,14H,6H2,1H3. The van der Waals surface area contributed by atoms with Crippen LogP contribution in [0.1, 0.15) is 22.9 Å². The van der Waals surface area contributed by atoms with E-state index in [2.05, 4.69) is 4.98 Å². The molecule has 2 aromatic heterocycles. The molecule has 0 amide bonds. The van der Waals surface area contributed by atoms with Crippen molar-refractivity contribution in [1.82, 2.24) is 4.98 Å². The Morgan fingerprint density at radius 3 is 2.87 bits per heavy atom. The largest absolute Gasteiger partial charge is 0.388 e. The van der Waals surface area contributed by atoms with Crippen LogP contribution in [-0.2, 0) is 6.42 Å². The third-order valence-electron chi connectivity index (χ3n) is 2.30. The molecule has 0 aliphatic heterocycles. The summed E-state index contributed by atoms with van der Waals surface area (Å²) < 4.78 is 0. The summed E-state index contributed by atoms with van der Waals surface area (Å²) in [7, 11) is 0. The zero-order chi connectivity index (χ0) is 10.7. The van der Waals surface area contributed by atoms with Crippen molar-refractivity contribution in [3.05, 3.63) is 52.0 Å². The van der Waals surface area contributed by atoms with E-state index in [0.717, 1.165) is 16.8 Å². The quantitative estimate of drug-likeness (QED) is 0.861. The monoisotopic (exact) mass is 219 g/mol. The average Bonchev–Trinajstić information content (AvgIpc) is 2.74. The number of aromatic nitrogens is 1. The van der Waals surface area contributed by atoms with Crippen LogP contribution >= 0.6 is 11.3 Å². The summed E-state index contributed by atoms with van der Waals surface area (Å²) in [6.07, 6.45) is 1.97. The van der Waals surface area contributed by atoms with Gasteiger partial charge in [0.25, 0.3) is 0 Å². The summed E-state index contributed by atoms with van der Waals surface area (Å²) in [5.74, 6) is 0. The van der Waals surface area contributed by atoms with Crippen LogP contribution in [0.4, 0.5) is 0 Å². The molecule has 1 atom stereocenters. The first-order valence-corrected chi connectivity index (χ1v) is 5.81. The Morgan fingerprint density at radius 1 is 1.40 bits per heavy atom. The third-order valence-corrected chi connectivity index (χ3v) is 3.00. The number of thiophene rings is 1. The number of rotatable bonds is 3. The zero-order valence-electron chi connectivity index (χ0n) is 8.55. The molecule has 0 spiro atoms. The molecule has 0 bridgehead atoms. The molecule has 0 fully saturated rings. The van der Waals surface area contributed by atoms with Gasteiger partial charge in [0.1, 0.15) is 0 Å². The summed E-state index contributed by atoms with van der Waals surface area (Å²) in [6, 6.07) is 5.93. The Morgan fingerprint density at radius 2 is 2.27 bits per heavy atom. The van der Waals surface area contributed by atoms with E-state index in [1.807, 2.05) is 42.1 Å². The molecular formula is C12H13NOS. The Labute approximate surface area is 93.2 Å². The van der Waals surface area contributed by atoms with E-state index >= 15 is 0 Å². The van der Waals surface area contributed by atoms with Crippen molar-refractivity contribution < 1.29 is 5.11 Å². The summed E-state index contributed by atoms with van der Waals surface area (Å²) >= 11 is 1.60. The molecule has 15 heavy (non-hydrogen) atoms. The van der Waals surface area contributed by atoms with Crippen LogP contribution in [0.15, 0.2) is 35.2 Å². The number of nitrogens with zero attached hydrogens (tertiary/aromatic N) is 1. The smallest absolute Gasteiger partial charge is 0.0853 e. The van der Waals surface area contributed by atoms with Gasteiger partial charge in [-0.2, -0.15) is 11.3 Å². The van der Waals surface area contributed by atoms with Gasteiger partial charge in [-0.25, -0.2) is 0 Å². The highest BCUT2D eigenvalue weighted by molar-refractivity contribution is 7.07. The molecule has 0 saturated heterocycles. The fourth-order valence-electron chi connectivity index (χ4n) is 1.40. The first-order valence-electron chi connectivity index (χ1n) is 4.87. The molecule has 3 heteroatoms. The Hall–Kier alpha value is -1.19. The van der Waals surface area contributed by atoms with Gasteiger partial charge in [0.2, 0.25) is 0 Å². The first kappa shape index (κ1) is 10.3. The summed E-state index contributed by atoms with van der Waals surface area (Å²) in [4.78, 5) is 4.27. The molecule has 0 aliphatic rings. The summed E-state index contributed by atoms with van der Waals surface area (Å²) in [6.45, 7) is 2.01. The van der Waals surface area contributed by atoms with Crippen LogP contribution < -0.4 is 0 Å². The number of hydrogen-bond donors (Lipinski definition) is 1. The SMILES string of the molecule is Cc1ccc(CC(O)c2ccsc2)nc1. The fourth-order valence-corrected chi connectivity index (χ4v) is 2.11. The van der Waals surface area contributed by atoms with E-state index in [9.17, 15) is 5.11 Å². The molecule has 1 unspecified atom stereocenters. The summed E-state index contributed by atoms with van der Waals surface area (Å²) in [5.41, 5.74) is 3.05. The van der Waals surface area contributed by atoms with Gasteiger partial charge >= 0.3 is 0 Å². The van der Waals surface area contributed by atoms with E-state index in [0.29, 0.717) is 6.42 Å². The van der Waals surface area contributed by atoms with Gasteiger partial charge in [0, 0.05) is 18.3 Å². The minimum atomic E-state index is -0.438. The Balaban J connectivity index is 2.06. The molecule has 0 radical (unpaired) electrons. The van der Waals surface area contributed by atoms with Crippen molar-refractivity contribution in [3.63, 3.8) is 0 Å². The van der Waals surface area contributed by atoms with Crippen LogP contribution in [0.25, 0.3) is 0 Å². The number of aliphatic hydroxyl groups is 1. The normalized spacial score (nSPS) is 12.7. The molecule has 0 saturated carbocycles. The molecular weight excluding hydrogens is 206 g/mol. The lowest BCUT2D eigenvalue weighted by Crippen LogP contribution is -2.02. The number of pyridine rings is 1. The molecule has 0 aromatic carbocycles. The van der Waals surface area contributed by atoms with Crippen LogP contribution in [0, 0.1) is 6.92 Å². The maximum absolute atomic E-state index is 9.90. The zero-order valence-corrected chi connectivity index (χ0v) is 9.37. The van der Waals surface area contributed by atoms with Gasteiger partial charge in [-0.15, -0.1) is 0 Å². The second-order valence-corrected chi connectivity index (χ2v) is 4.38. The van der Waals surface area contributed by atoms with E-state index in [1.54, 1.807) is 11.3 Å². The second kappa shape index (κ2) is 4.55. The Kier molecular flexibility index (Phi) is 3.14. The van der Waals surface area contributed by atoms with E-state index in [-0.39, 0.29) is 0 Å². The van der Waals surface area contributed by atoms with Crippen LogP contribution in [0.3, 0.4) is 0 Å². The predicted molar refractivity (Wildman–Crippen MR) is 62.0 cm³/mol. The highest BCUT2D eigenvalue weighted by Crippen LogP contribution is 2.19. The van der Waals surface area contributed by atoms with Gasteiger partial charge in [-0.3, -0.25) is 4.98 Å². The van der Waals surface area contributed by atoms with Crippen LogP contribution in [0.2, 0.25) is 0 Å². The maximum Gasteiger partial charge on any atom is 0.0853 e. The van der Waals surface area contributed by atoms with Crippen LogP contribution in [-0.4, -0.2) is 10.1 Å². The van der Waals surface area contributed by atoms with Crippen molar-refractivity contribution in [2.24, 2.45) is 0 Å². The van der Waals surface area contributed by atoms with Gasteiger partial charge in [-0.05, 0) is 40.9 Å². The number of hydrogen-bond acceptors (Lipinski definition) is 3. The fraction of sp³-hybridized carbons (Fsp3) is 0.250. The molecule has 2 heterocycles. The number of aliphatic hydroxyl groups excluding tert-OH is 1. The Bertz CT molecular complexity index is 408. The van der Waals surface area contributed by atoms with Crippen molar-refractivity contribution in [2.75, 3.05) is 0 Å². The van der Waals surface area contributed by atoms with Crippen LogP contribution in [0.5, 0.6) is 0 Å². The number of aryl methyl sites for hydroxylation is 1. The third kappa shape index (κ3) is 2.64. The lowest BCUT2D eigenvalue weighted by atomic mass is 10.1. The minimum Gasteiger partial charge on any atom is -0.388 e. The molecule has 78 valence electrons. The lowest BCUT2D eigenvalue weighted by Gasteiger charge is -2.07. The summed E-state index contributed by atoms with van der Waals surface area (Å²) in [5, 5.41) is 13.8. The van der Waals surface area contributed by atoms with Gasteiger partial charge in [0.05, 0.1) is 6.10 Å². The predicted octanol–water partition coefficient (Wildman–Crippen LogP) is 2.73. The van der Waals surface area contributed by atoms with E-state index < -0.39 is 6.10 Å². The highest BCUT2D eigenvalue weighted by atomic mass is 32.1. The first-order chi connectivity index (χ1) is 7.25. The van der Waals surface area contributed by atoms with Crippen molar-refractivity contribution in [2.45, 2.75) is 19.4 Å². The highest BCUT2D eigenvalue weighted by Gasteiger charge is 2.09. The van der Waals surface area contributed by atoms with Gasteiger partial charge in [0.15, 0.2) is 0 Å². The maximum atomic E-state index is 9.90. The molecule has 2 rings (SSSR count). The molecule has 1 N–H and O–H groups in total. The van der Waals surface area contributed by atoms with Crippen molar-refractivity contribution in [3.8, 4) is 0 Å². The average molecular weight is 219 g/mol. The van der Waals surface area contributed by atoms with Crippen molar-refractivity contribution >= 4 is 11.3 Å². The van der Waals surface area contributed by atoms with E-state index in [1.165, 1.54) is 0 Å². The molecule has 2 nitrogen and oxygen atoms in total. The second-order valence-electron chi connectivity index (χ2n) is 3.60.